The average Bonchev–Trinajstić information content (AvgIpc) is 3.60. The van der Waals surface area contributed by atoms with Crippen molar-refractivity contribution in [2.45, 2.75) is 37.5 Å². The van der Waals surface area contributed by atoms with Crippen LogP contribution >= 0.6 is 43.2 Å². The van der Waals surface area contributed by atoms with Crippen LogP contribution in [0, 0.1) is 12.8 Å². The number of halogens is 2. The second-order valence-corrected chi connectivity index (χ2v) is 16.0. The van der Waals surface area contributed by atoms with Gasteiger partial charge in [-0.3, -0.25) is 0 Å². The predicted molar refractivity (Wildman–Crippen MR) is 174 cm³/mol. The third-order valence-corrected chi connectivity index (χ3v) is 11.5. The summed E-state index contributed by atoms with van der Waals surface area (Å²) in [5.74, 6) is 1.09. The Bertz CT molecular complexity index is 1430. The highest BCUT2D eigenvalue weighted by atomic mass is 79.9. The molecule has 1 N–H and O–H groups in total. The Hall–Kier alpha value is -1.76. The molecule has 0 unspecified atom stereocenters. The Kier molecular flexibility index (Phi) is 10.6. The number of amidine groups is 1. The fourth-order valence-corrected chi connectivity index (χ4v) is 9.37. The summed E-state index contributed by atoms with van der Waals surface area (Å²) in [6.07, 6.45) is 4.51. The van der Waals surface area contributed by atoms with E-state index in [1.54, 1.807) is 35.6 Å². The van der Waals surface area contributed by atoms with Gasteiger partial charge in [0, 0.05) is 31.8 Å². The fraction of sp³-hybridized carbons (Fsp3) is 0.433. The van der Waals surface area contributed by atoms with E-state index < -0.39 is 10.0 Å². The van der Waals surface area contributed by atoms with Crippen molar-refractivity contribution in [1.29, 1.82) is 0 Å². The predicted octanol–water partition coefficient (Wildman–Crippen LogP) is 6.71. The summed E-state index contributed by atoms with van der Waals surface area (Å²) in [5, 5.41) is 4.62. The van der Waals surface area contributed by atoms with E-state index >= 15 is 0 Å². The number of benzene rings is 2. The number of rotatable bonds is 10. The van der Waals surface area contributed by atoms with Crippen molar-refractivity contribution in [1.82, 2.24) is 14.6 Å². The molecular weight excluding hydrogens is 688 g/mol. The zero-order chi connectivity index (χ0) is 28.8. The maximum absolute atomic E-state index is 13.2. The first-order chi connectivity index (χ1) is 19.8. The van der Waals surface area contributed by atoms with Crippen LogP contribution in [0.3, 0.4) is 0 Å². The summed E-state index contributed by atoms with van der Waals surface area (Å²) in [7, 11) is -3.85. The number of nitrogens with one attached hydrogen (secondary N) is 1. The van der Waals surface area contributed by atoms with Crippen molar-refractivity contribution >= 4 is 59.1 Å². The van der Waals surface area contributed by atoms with Crippen LogP contribution in [0.1, 0.15) is 36.8 Å². The summed E-state index contributed by atoms with van der Waals surface area (Å²) in [6, 6.07) is 16.9. The fourth-order valence-electron chi connectivity index (χ4n) is 5.36. The SMILES string of the molecule is Cc1ccc(S(=O)(=O)N/N=C(\c2c(Br)sc(Br)c2-c2ccccc2)N2CCC(COCCN3CCCC3)CC2)cc1. The number of sulfonamides is 1. The summed E-state index contributed by atoms with van der Waals surface area (Å²) in [5.41, 5.74) is 3.89. The van der Waals surface area contributed by atoms with Crippen molar-refractivity contribution in [2.75, 3.05) is 45.9 Å². The van der Waals surface area contributed by atoms with Crippen LogP contribution in [0.5, 0.6) is 0 Å². The first-order valence-corrected chi connectivity index (χ1v) is 17.9. The Morgan fingerprint density at radius 3 is 2.37 bits per heavy atom. The molecule has 3 heterocycles. The van der Waals surface area contributed by atoms with Crippen molar-refractivity contribution < 1.29 is 13.2 Å². The van der Waals surface area contributed by atoms with Crippen LogP contribution in [0.15, 0.2) is 72.2 Å². The first kappa shape index (κ1) is 30.7. The number of piperidine rings is 1. The van der Waals surface area contributed by atoms with Crippen LogP contribution in [0.2, 0.25) is 0 Å². The molecule has 0 saturated carbocycles. The van der Waals surface area contributed by atoms with E-state index in [1.165, 1.54) is 25.9 Å². The Morgan fingerprint density at radius 1 is 1.00 bits per heavy atom. The van der Waals surface area contributed by atoms with Gasteiger partial charge in [-0.2, -0.15) is 13.2 Å². The lowest BCUT2D eigenvalue weighted by atomic mass is 9.96. The number of nitrogens with zero attached hydrogens (tertiary/aromatic N) is 3. The number of hydrogen-bond acceptors (Lipinski definition) is 6. The lowest BCUT2D eigenvalue weighted by molar-refractivity contribution is 0.0655. The number of hydrazone groups is 1. The molecule has 2 saturated heterocycles. The van der Waals surface area contributed by atoms with Gasteiger partial charge >= 0.3 is 0 Å². The van der Waals surface area contributed by atoms with Crippen LogP contribution in [0.4, 0.5) is 0 Å². The van der Waals surface area contributed by atoms with E-state index in [2.05, 4.69) is 63.7 Å². The molecule has 5 rings (SSSR count). The summed E-state index contributed by atoms with van der Waals surface area (Å²) in [4.78, 5) is 7.40. The van der Waals surface area contributed by atoms with Gasteiger partial charge in [0.05, 0.1) is 24.6 Å². The molecule has 0 spiro atoms. The molecule has 1 aromatic heterocycles. The average molecular weight is 725 g/mol. The minimum atomic E-state index is -3.85. The van der Waals surface area contributed by atoms with Gasteiger partial charge < -0.3 is 14.5 Å². The molecule has 41 heavy (non-hydrogen) atoms. The van der Waals surface area contributed by atoms with E-state index in [0.717, 1.165) is 75.5 Å². The van der Waals surface area contributed by atoms with E-state index in [0.29, 0.717) is 11.8 Å². The van der Waals surface area contributed by atoms with E-state index in [9.17, 15) is 8.42 Å². The minimum Gasteiger partial charge on any atom is -0.380 e. The Morgan fingerprint density at radius 2 is 1.68 bits per heavy atom. The van der Waals surface area contributed by atoms with Crippen LogP contribution in [0.25, 0.3) is 11.1 Å². The normalized spacial score (nSPS) is 17.3. The first-order valence-electron chi connectivity index (χ1n) is 14.1. The summed E-state index contributed by atoms with van der Waals surface area (Å²) < 4.78 is 34.4. The number of likely N-dealkylation sites (tertiary alicyclic amines) is 2. The molecule has 220 valence electrons. The maximum atomic E-state index is 13.2. The minimum absolute atomic E-state index is 0.185. The summed E-state index contributed by atoms with van der Waals surface area (Å²) >= 11 is 9.09. The molecule has 2 aliphatic heterocycles. The van der Waals surface area contributed by atoms with Crippen LogP contribution in [-0.2, 0) is 14.8 Å². The molecule has 0 bridgehead atoms. The highest BCUT2D eigenvalue weighted by Crippen LogP contribution is 2.44. The molecule has 0 atom stereocenters. The third-order valence-electron chi connectivity index (χ3n) is 7.73. The standard InChI is InChI=1S/C30H36Br2N4O3S2/c1-22-9-11-25(12-10-22)41(37,38)34-33-30(27-26(28(31)40-29(27)32)24-7-3-2-4-8-24)36-17-13-23(14-18-36)21-39-20-19-35-15-5-6-16-35/h2-4,7-12,23,34H,5-6,13-21H2,1H3/b33-30+. The molecule has 11 heteroatoms. The van der Waals surface area contributed by atoms with Crippen molar-refractivity contribution in [3.8, 4) is 11.1 Å². The smallest absolute Gasteiger partial charge is 0.276 e. The van der Waals surface area contributed by atoms with Crippen LogP contribution < -0.4 is 4.83 Å². The zero-order valence-electron chi connectivity index (χ0n) is 23.2. The van der Waals surface area contributed by atoms with Gasteiger partial charge in [0.2, 0.25) is 0 Å². The molecule has 2 aromatic carbocycles. The number of aryl methyl sites for hydroxylation is 1. The largest absolute Gasteiger partial charge is 0.380 e. The van der Waals surface area contributed by atoms with Gasteiger partial charge in [-0.25, -0.2) is 0 Å². The van der Waals surface area contributed by atoms with Gasteiger partial charge in [-0.15, -0.1) is 16.4 Å². The molecule has 7 nitrogen and oxygen atoms in total. The van der Waals surface area contributed by atoms with Crippen molar-refractivity contribution in [3.63, 3.8) is 0 Å². The van der Waals surface area contributed by atoms with E-state index in [4.69, 9.17) is 4.74 Å². The highest BCUT2D eigenvalue weighted by Gasteiger charge is 2.29. The quantitative estimate of drug-likeness (QED) is 0.109. The van der Waals surface area contributed by atoms with Gasteiger partial charge in [0.15, 0.2) is 5.84 Å². The number of ether oxygens (including phenoxy) is 1. The topological polar surface area (TPSA) is 74.2 Å². The third kappa shape index (κ3) is 7.80. The Labute approximate surface area is 264 Å². The second kappa shape index (κ2) is 14.1. The molecule has 3 aromatic rings. The molecular formula is C30H36Br2N4O3S2. The molecule has 2 fully saturated rings. The Balaban J connectivity index is 1.36. The maximum Gasteiger partial charge on any atom is 0.276 e. The van der Waals surface area contributed by atoms with Gasteiger partial charge in [-0.05, 0) is 101 Å². The van der Waals surface area contributed by atoms with Gasteiger partial charge in [0.25, 0.3) is 10.0 Å². The lowest BCUT2D eigenvalue weighted by Gasteiger charge is -2.34. The highest BCUT2D eigenvalue weighted by molar-refractivity contribution is 9.12. The zero-order valence-corrected chi connectivity index (χ0v) is 28.0. The molecule has 0 radical (unpaired) electrons. The second-order valence-electron chi connectivity index (χ2n) is 10.7. The van der Waals surface area contributed by atoms with Crippen molar-refractivity contribution in [2.24, 2.45) is 11.0 Å². The van der Waals surface area contributed by atoms with E-state index in [1.807, 2.05) is 25.1 Å². The van der Waals surface area contributed by atoms with Crippen LogP contribution in [-0.4, -0.2) is 70.0 Å². The monoisotopic (exact) mass is 722 g/mol. The van der Waals surface area contributed by atoms with Crippen molar-refractivity contribution in [3.05, 3.63) is 73.3 Å². The summed E-state index contributed by atoms with van der Waals surface area (Å²) in [6.45, 7) is 8.40. The lowest BCUT2D eigenvalue weighted by Crippen LogP contribution is -2.41. The molecule has 2 aliphatic rings. The number of hydrogen-bond donors (Lipinski definition) is 1. The molecule has 0 aliphatic carbocycles. The van der Waals surface area contributed by atoms with E-state index in [-0.39, 0.29) is 4.90 Å². The molecule has 0 amide bonds. The van der Waals surface area contributed by atoms with Gasteiger partial charge in [0.1, 0.15) is 0 Å². The van der Waals surface area contributed by atoms with Gasteiger partial charge in [-0.1, -0.05) is 48.0 Å². The number of thiophene rings is 1.